The van der Waals surface area contributed by atoms with Crippen LogP contribution in [0.4, 0.5) is 0 Å². The number of hydrogen-bond donors (Lipinski definition) is 0. The second-order valence-corrected chi connectivity index (χ2v) is 8.05. The Kier molecular flexibility index (Phi) is 7.60. The van der Waals surface area contributed by atoms with Crippen LogP contribution < -0.4 is 0 Å². The van der Waals surface area contributed by atoms with Crippen molar-refractivity contribution in [2.45, 2.75) is 25.7 Å². The summed E-state index contributed by atoms with van der Waals surface area (Å²) in [7, 11) is -3.42. The molecule has 1 aromatic heterocycles. The molecule has 0 spiro atoms. The number of ether oxygens (including phenoxy) is 1. The first-order valence-corrected chi connectivity index (χ1v) is 10.2. The van der Waals surface area contributed by atoms with E-state index in [2.05, 4.69) is 4.98 Å². The molecule has 0 unspecified atom stereocenters. The first-order valence-electron chi connectivity index (χ1n) is 8.34. The zero-order valence-electron chi connectivity index (χ0n) is 14.1. The molecule has 5 nitrogen and oxygen atoms in total. The third-order valence-electron chi connectivity index (χ3n) is 3.70. The second-order valence-electron chi connectivity index (χ2n) is 5.87. The number of carbonyl (C=O) groups is 1. The van der Waals surface area contributed by atoms with E-state index < -0.39 is 21.6 Å². The van der Waals surface area contributed by atoms with E-state index in [9.17, 15) is 13.2 Å². The SMILES string of the molecule is O=C(CS(=O)(=O)CCCc1ccccc1)OCCCc1cccnc1. The Morgan fingerprint density at radius 3 is 2.40 bits per heavy atom. The van der Waals surface area contributed by atoms with Crippen molar-refractivity contribution in [3.05, 3.63) is 66.0 Å². The van der Waals surface area contributed by atoms with Gasteiger partial charge in [0.25, 0.3) is 0 Å². The van der Waals surface area contributed by atoms with E-state index in [4.69, 9.17) is 4.74 Å². The van der Waals surface area contributed by atoms with Crippen molar-refractivity contribution >= 4 is 15.8 Å². The third-order valence-corrected chi connectivity index (χ3v) is 5.28. The van der Waals surface area contributed by atoms with Crippen molar-refractivity contribution in [3.63, 3.8) is 0 Å². The van der Waals surface area contributed by atoms with Gasteiger partial charge in [0.2, 0.25) is 0 Å². The third kappa shape index (κ3) is 7.94. The van der Waals surface area contributed by atoms with E-state index >= 15 is 0 Å². The van der Waals surface area contributed by atoms with Crippen LogP contribution in [0.3, 0.4) is 0 Å². The Morgan fingerprint density at radius 1 is 0.960 bits per heavy atom. The van der Waals surface area contributed by atoms with Gasteiger partial charge in [-0.3, -0.25) is 9.78 Å². The Labute approximate surface area is 149 Å². The minimum Gasteiger partial charge on any atom is -0.465 e. The van der Waals surface area contributed by atoms with Gasteiger partial charge in [0.05, 0.1) is 12.4 Å². The minimum absolute atomic E-state index is 0.00726. The van der Waals surface area contributed by atoms with E-state index in [1.54, 1.807) is 12.4 Å². The number of benzene rings is 1. The lowest BCUT2D eigenvalue weighted by Gasteiger charge is -2.06. The summed E-state index contributed by atoms with van der Waals surface area (Å²) in [6.45, 7) is 0.216. The van der Waals surface area contributed by atoms with E-state index in [1.165, 1.54) is 0 Å². The summed E-state index contributed by atoms with van der Waals surface area (Å²) in [5.74, 6) is -1.23. The Balaban J connectivity index is 1.63. The maximum Gasteiger partial charge on any atom is 0.321 e. The smallest absolute Gasteiger partial charge is 0.321 e. The van der Waals surface area contributed by atoms with E-state index in [0.29, 0.717) is 19.3 Å². The molecule has 0 radical (unpaired) electrons. The van der Waals surface area contributed by atoms with Gasteiger partial charge in [0, 0.05) is 12.4 Å². The van der Waals surface area contributed by atoms with Gasteiger partial charge < -0.3 is 4.74 Å². The van der Waals surface area contributed by atoms with Crippen molar-refractivity contribution in [2.75, 3.05) is 18.1 Å². The highest BCUT2D eigenvalue weighted by molar-refractivity contribution is 7.92. The standard InChI is InChI=1S/C19H23NO4S/c21-19(24-13-5-10-18-9-4-12-20-15-18)16-25(22,23)14-6-11-17-7-2-1-3-8-17/h1-4,7-9,12,15H,5-6,10-11,13-14,16H2. The van der Waals surface area contributed by atoms with Gasteiger partial charge in [-0.15, -0.1) is 0 Å². The van der Waals surface area contributed by atoms with Crippen LogP contribution in [0.5, 0.6) is 0 Å². The summed E-state index contributed by atoms with van der Waals surface area (Å²) >= 11 is 0. The highest BCUT2D eigenvalue weighted by Crippen LogP contribution is 2.05. The van der Waals surface area contributed by atoms with Crippen LogP contribution in [0, 0.1) is 0 Å². The summed E-state index contributed by atoms with van der Waals surface area (Å²) < 4.78 is 29.0. The van der Waals surface area contributed by atoms with Crippen LogP contribution >= 0.6 is 0 Å². The molecule has 0 saturated heterocycles. The molecule has 2 rings (SSSR count). The van der Waals surface area contributed by atoms with Gasteiger partial charge in [-0.1, -0.05) is 36.4 Å². The summed E-state index contributed by atoms with van der Waals surface area (Å²) in [5.41, 5.74) is 2.16. The number of aromatic nitrogens is 1. The Morgan fingerprint density at radius 2 is 1.68 bits per heavy atom. The zero-order valence-corrected chi connectivity index (χ0v) is 15.0. The predicted octanol–water partition coefficient (Wildman–Crippen LogP) is 2.61. The molecule has 1 aromatic carbocycles. The van der Waals surface area contributed by atoms with Crippen LogP contribution in [0.2, 0.25) is 0 Å². The molecule has 0 aliphatic rings. The molecule has 6 heteroatoms. The fraction of sp³-hybridized carbons (Fsp3) is 0.368. The molecule has 0 fully saturated rings. The number of hydrogen-bond acceptors (Lipinski definition) is 5. The van der Waals surface area contributed by atoms with Crippen LogP contribution in [0.1, 0.15) is 24.0 Å². The maximum atomic E-state index is 12.0. The van der Waals surface area contributed by atoms with Crippen LogP contribution in [0.15, 0.2) is 54.9 Å². The van der Waals surface area contributed by atoms with Gasteiger partial charge in [-0.2, -0.15) is 0 Å². The van der Waals surface area contributed by atoms with Crippen molar-refractivity contribution in [2.24, 2.45) is 0 Å². The van der Waals surface area contributed by atoms with Crippen molar-refractivity contribution in [1.29, 1.82) is 0 Å². The summed E-state index contributed by atoms with van der Waals surface area (Å²) in [6.07, 6.45) is 6.03. The molecular weight excluding hydrogens is 338 g/mol. The largest absolute Gasteiger partial charge is 0.465 e. The normalized spacial score (nSPS) is 11.2. The lowest BCUT2D eigenvalue weighted by molar-refractivity contribution is -0.140. The van der Waals surface area contributed by atoms with E-state index in [0.717, 1.165) is 17.5 Å². The van der Waals surface area contributed by atoms with Crippen molar-refractivity contribution in [1.82, 2.24) is 4.98 Å². The number of nitrogens with zero attached hydrogens (tertiary/aromatic N) is 1. The quantitative estimate of drug-likeness (QED) is 0.480. The van der Waals surface area contributed by atoms with Gasteiger partial charge >= 0.3 is 5.97 Å². The molecule has 25 heavy (non-hydrogen) atoms. The van der Waals surface area contributed by atoms with Crippen LogP contribution in [-0.4, -0.2) is 37.5 Å². The zero-order chi connectivity index (χ0) is 18.0. The number of rotatable bonds is 10. The molecule has 0 bridgehead atoms. The number of aryl methyl sites for hydroxylation is 2. The van der Waals surface area contributed by atoms with Gasteiger partial charge in [0.1, 0.15) is 5.75 Å². The maximum absolute atomic E-state index is 12.0. The van der Waals surface area contributed by atoms with Crippen LogP contribution in [-0.2, 0) is 32.2 Å². The molecule has 0 N–H and O–H groups in total. The molecule has 0 aliphatic carbocycles. The first-order chi connectivity index (χ1) is 12.1. The van der Waals surface area contributed by atoms with E-state index in [-0.39, 0.29) is 12.4 Å². The minimum atomic E-state index is -3.42. The van der Waals surface area contributed by atoms with Gasteiger partial charge in [0.15, 0.2) is 9.84 Å². The molecule has 0 saturated carbocycles. The molecule has 0 amide bonds. The molecule has 134 valence electrons. The first kappa shape index (κ1) is 19.1. The number of carbonyl (C=O) groups excluding carboxylic acids is 1. The van der Waals surface area contributed by atoms with Gasteiger partial charge in [-0.05, 0) is 42.9 Å². The highest BCUT2D eigenvalue weighted by Gasteiger charge is 2.17. The molecular formula is C19H23NO4S. The highest BCUT2D eigenvalue weighted by atomic mass is 32.2. The summed E-state index contributed by atoms with van der Waals surface area (Å²) in [6, 6.07) is 13.5. The molecule has 0 atom stereocenters. The predicted molar refractivity (Wildman–Crippen MR) is 96.9 cm³/mol. The number of sulfone groups is 1. The lowest BCUT2D eigenvalue weighted by atomic mass is 10.1. The fourth-order valence-electron chi connectivity index (χ4n) is 2.44. The monoisotopic (exact) mass is 361 g/mol. The molecule has 0 aliphatic heterocycles. The Hall–Kier alpha value is -2.21. The number of esters is 1. The van der Waals surface area contributed by atoms with Gasteiger partial charge in [-0.25, -0.2) is 8.42 Å². The average Bonchev–Trinajstić information content (AvgIpc) is 2.60. The second kappa shape index (κ2) is 9.93. The molecule has 2 aromatic rings. The van der Waals surface area contributed by atoms with E-state index in [1.807, 2.05) is 42.5 Å². The topological polar surface area (TPSA) is 73.3 Å². The molecule has 1 heterocycles. The van der Waals surface area contributed by atoms with Crippen molar-refractivity contribution in [3.8, 4) is 0 Å². The fourth-order valence-corrected chi connectivity index (χ4v) is 3.61. The number of pyridine rings is 1. The van der Waals surface area contributed by atoms with Crippen LogP contribution in [0.25, 0.3) is 0 Å². The lowest BCUT2D eigenvalue weighted by Crippen LogP contribution is -2.21. The van der Waals surface area contributed by atoms with Crippen molar-refractivity contribution < 1.29 is 17.9 Å². The average molecular weight is 361 g/mol. The summed E-state index contributed by atoms with van der Waals surface area (Å²) in [4.78, 5) is 15.7. The summed E-state index contributed by atoms with van der Waals surface area (Å²) in [5, 5.41) is 0. The Bertz CT molecular complexity index is 746.